The van der Waals surface area contributed by atoms with Crippen molar-refractivity contribution >= 4 is 11.9 Å². The number of amides is 1. The number of piperidine rings is 1. The zero-order valence-corrected chi connectivity index (χ0v) is 10.1. The topological polar surface area (TPSA) is 83.6 Å². The fraction of sp³-hybridized carbons (Fsp3) is 0.818. The lowest BCUT2D eigenvalue weighted by atomic mass is 9.76. The van der Waals surface area contributed by atoms with Crippen LogP contribution >= 0.6 is 0 Å². The summed E-state index contributed by atoms with van der Waals surface area (Å²) in [5, 5.41) is 9.28. The van der Waals surface area contributed by atoms with Gasteiger partial charge in [-0.05, 0) is 31.7 Å². The van der Waals surface area contributed by atoms with Gasteiger partial charge in [0.05, 0.1) is 6.04 Å². The molecule has 0 aromatic heterocycles. The number of hydrogen-bond acceptors (Lipinski definition) is 3. The smallest absolute Gasteiger partial charge is 0.321 e. The Kier molecular flexibility index (Phi) is 3.57. The van der Waals surface area contributed by atoms with Gasteiger partial charge < -0.3 is 10.8 Å². The van der Waals surface area contributed by atoms with E-state index in [4.69, 9.17) is 5.73 Å². The summed E-state index contributed by atoms with van der Waals surface area (Å²) in [4.78, 5) is 24.2. The van der Waals surface area contributed by atoms with Gasteiger partial charge in [0.1, 0.15) is 6.04 Å². The SMILES string of the molecule is CC(C(N)=O)N1CCCC(C)(C)C1C(=O)O. The van der Waals surface area contributed by atoms with Crippen molar-refractivity contribution in [3.8, 4) is 0 Å². The van der Waals surface area contributed by atoms with E-state index in [-0.39, 0.29) is 5.41 Å². The third-order valence-electron chi connectivity index (χ3n) is 3.45. The van der Waals surface area contributed by atoms with E-state index in [1.165, 1.54) is 0 Å². The van der Waals surface area contributed by atoms with E-state index in [0.29, 0.717) is 6.54 Å². The fourth-order valence-electron chi connectivity index (χ4n) is 2.49. The first-order valence-corrected chi connectivity index (χ1v) is 5.55. The van der Waals surface area contributed by atoms with E-state index in [1.54, 1.807) is 11.8 Å². The number of hydrogen-bond donors (Lipinski definition) is 2. The molecule has 0 aromatic rings. The molecule has 0 aliphatic carbocycles. The Bertz CT molecular complexity index is 302. The normalized spacial score (nSPS) is 27.3. The first-order valence-electron chi connectivity index (χ1n) is 5.55. The Morgan fingerprint density at radius 1 is 1.50 bits per heavy atom. The van der Waals surface area contributed by atoms with E-state index in [9.17, 15) is 14.7 Å². The molecule has 1 aliphatic rings. The Morgan fingerprint density at radius 2 is 2.06 bits per heavy atom. The number of carbonyl (C=O) groups is 2. The molecule has 1 amide bonds. The van der Waals surface area contributed by atoms with Gasteiger partial charge in [0, 0.05) is 0 Å². The molecular formula is C11H20N2O3. The molecule has 0 bridgehead atoms. The molecule has 1 saturated heterocycles. The number of carbonyl (C=O) groups excluding carboxylic acids is 1. The molecule has 2 atom stereocenters. The highest BCUT2D eigenvalue weighted by Gasteiger charge is 2.44. The van der Waals surface area contributed by atoms with E-state index in [0.717, 1.165) is 12.8 Å². The summed E-state index contributed by atoms with van der Waals surface area (Å²) in [6.45, 7) is 6.13. The van der Waals surface area contributed by atoms with Crippen molar-refractivity contribution in [2.24, 2.45) is 11.1 Å². The van der Waals surface area contributed by atoms with Crippen LogP contribution in [0.4, 0.5) is 0 Å². The minimum Gasteiger partial charge on any atom is -0.480 e. The molecule has 0 saturated carbocycles. The molecular weight excluding hydrogens is 208 g/mol. The lowest BCUT2D eigenvalue weighted by Gasteiger charge is -2.45. The van der Waals surface area contributed by atoms with Crippen LogP contribution in [0.2, 0.25) is 0 Å². The molecule has 1 fully saturated rings. The fourth-order valence-corrected chi connectivity index (χ4v) is 2.49. The molecule has 5 nitrogen and oxygen atoms in total. The Labute approximate surface area is 95.6 Å². The van der Waals surface area contributed by atoms with Gasteiger partial charge in [-0.3, -0.25) is 14.5 Å². The van der Waals surface area contributed by atoms with Crippen molar-refractivity contribution in [1.82, 2.24) is 4.90 Å². The second-order valence-corrected chi connectivity index (χ2v) is 5.15. The van der Waals surface area contributed by atoms with Crippen LogP contribution in [0.25, 0.3) is 0 Å². The zero-order valence-electron chi connectivity index (χ0n) is 10.1. The Balaban J connectivity index is 2.98. The van der Waals surface area contributed by atoms with Crippen LogP contribution < -0.4 is 5.73 Å². The van der Waals surface area contributed by atoms with Gasteiger partial charge in [-0.1, -0.05) is 13.8 Å². The van der Waals surface area contributed by atoms with Crippen molar-refractivity contribution in [2.45, 2.75) is 45.7 Å². The highest BCUT2D eigenvalue weighted by molar-refractivity contribution is 5.81. The van der Waals surface area contributed by atoms with Crippen LogP contribution in [0.3, 0.4) is 0 Å². The van der Waals surface area contributed by atoms with Crippen molar-refractivity contribution in [1.29, 1.82) is 0 Å². The van der Waals surface area contributed by atoms with Crippen LogP contribution in [-0.2, 0) is 9.59 Å². The van der Waals surface area contributed by atoms with E-state index in [2.05, 4.69) is 0 Å². The first kappa shape index (κ1) is 13.0. The van der Waals surface area contributed by atoms with E-state index >= 15 is 0 Å². The molecule has 1 heterocycles. The number of carboxylic acid groups (broad SMARTS) is 1. The predicted octanol–water partition coefficient (Wildman–Crippen LogP) is 0.435. The van der Waals surface area contributed by atoms with Crippen molar-refractivity contribution in [2.75, 3.05) is 6.54 Å². The summed E-state index contributed by atoms with van der Waals surface area (Å²) in [7, 11) is 0. The molecule has 92 valence electrons. The third-order valence-corrected chi connectivity index (χ3v) is 3.45. The van der Waals surface area contributed by atoms with Gasteiger partial charge in [0.15, 0.2) is 0 Å². The second-order valence-electron chi connectivity index (χ2n) is 5.15. The number of nitrogens with two attached hydrogens (primary N) is 1. The van der Waals surface area contributed by atoms with Gasteiger partial charge in [0.25, 0.3) is 0 Å². The molecule has 2 unspecified atom stereocenters. The third kappa shape index (κ3) is 2.35. The van der Waals surface area contributed by atoms with E-state index < -0.39 is 24.0 Å². The van der Waals surface area contributed by atoms with Crippen LogP contribution in [0.15, 0.2) is 0 Å². The highest BCUT2D eigenvalue weighted by atomic mass is 16.4. The van der Waals surface area contributed by atoms with Crippen molar-refractivity contribution in [3.63, 3.8) is 0 Å². The second kappa shape index (κ2) is 4.41. The molecule has 0 radical (unpaired) electrons. The summed E-state index contributed by atoms with van der Waals surface area (Å²) in [5.74, 6) is -1.35. The molecule has 0 spiro atoms. The van der Waals surface area contributed by atoms with Crippen LogP contribution in [0.1, 0.15) is 33.6 Å². The van der Waals surface area contributed by atoms with Crippen LogP contribution in [-0.4, -0.2) is 40.5 Å². The summed E-state index contributed by atoms with van der Waals surface area (Å²) in [6.07, 6.45) is 1.75. The van der Waals surface area contributed by atoms with Crippen LogP contribution in [0, 0.1) is 5.41 Å². The molecule has 3 N–H and O–H groups in total. The lowest BCUT2D eigenvalue weighted by molar-refractivity contribution is -0.153. The summed E-state index contributed by atoms with van der Waals surface area (Å²) in [6, 6.07) is -1.16. The van der Waals surface area contributed by atoms with Gasteiger partial charge in [-0.2, -0.15) is 0 Å². The van der Waals surface area contributed by atoms with Gasteiger partial charge in [-0.25, -0.2) is 0 Å². The summed E-state index contributed by atoms with van der Waals surface area (Å²) < 4.78 is 0. The maximum Gasteiger partial charge on any atom is 0.321 e. The highest BCUT2D eigenvalue weighted by Crippen LogP contribution is 2.36. The largest absolute Gasteiger partial charge is 0.480 e. The molecule has 1 aliphatic heterocycles. The molecule has 5 heteroatoms. The van der Waals surface area contributed by atoms with Gasteiger partial charge >= 0.3 is 5.97 Å². The number of carboxylic acids is 1. The number of aliphatic carboxylic acids is 1. The number of rotatable bonds is 3. The van der Waals surface area contributed by atoms with E-state index in [1.807, 2.05) is 13.8 Å². The van der Waals surface area contributed by atoms with Crippen molar-refractivity contribution < 1.29 is 14.7 Å². The monoisotopic (exact) mass is 228 g/mol. The number of likely N-dealkylation sites (tertiary alicyclic amines) is 1. The van der Waals surface area contributed by atoms with Crippen LogP contribution in [0.5, 0.6) is 0 Å². The maximum absolute atomic E-state index is 11.3. The van der Waals surface area contributed by atoms with Crippen molar-refractivity contribution in [3.05, 3.63) is 0 Å². The quantitative estimate of drug-likeness (QED) is 0.734. The number of primary amides is 1. The molecule has 0 aromatic carbocycles. The zero-order chi connectivity index (χ0) is 12.5. The minimum absolute atomic E-state index is 0.326. The Hall–Kier alpha value is -1.10. The first-order chi connectivity index (χ1) is 7.27. The molecule has 1 rings (SSSR count). The Morgan fingerprint density at radius 3 is 2.50 bits per heavy atom. The summed E-state index contributed by atoms with van der Waals surface area (Å²) >= 11 is 0. The number of nitrogens with zero attached hydrogens (tertiary/aromatic N) is 1. The summed E-state index contributed by atoms with van der Waals surface area (Å²) in [5.41, 5.74) is 4.92. The lowest BCUT2D eigenvalue weighted by Crippen LogP contribution is -2.59. The molecule has 16 heavy (non-hydrogen) atoms. The van der Waals surface area contributed by atoms with Gasteiger partial charge in [0.2, 0.25) is 5.91 Å². The van der Waals surface area contributed by atoms with Gasteiger partial charge in [-0.15, -0.1) is 0 Å². The standard InChI is InChI=1S/C11H20N2O3/c1-7(9(12)14)13-6-4-5-11(2,3)8(13)10(15)16/h7-8H,4-6H2,1-3H3,(H2,12,14)(H,15,16). The average molecular weight is 228 g/mol. The predicted molar refractivity (Wildman–Crippen MR) is 59.8 cm³/mol. The minimum atomic E-state index is -0.877. The maximum atomic E-state index is 11.3. The average Bonchev–Trinajstić information content (AvgIpc) is 2.13.